The van der Waals surface area contributed by atoms with E-state index in [9.17, 15) is 24.0 Å². The first-order chi connectivity index (χ1) is 37.7. The van der Waals surface area contributed by atoms with E-state index in [-0.39, 0.29) is 110 Å². The van der Waals surface area contributed by atoms with Crippen LogP contribution in [0.15, 0.2) is 164 Å². The second kappa shape index (κ2) is 30.8. The van der Waals surface area contributed by atoms with Crippen LogP contribution < -0.4 is 21.3 Å². The molecule has 0 unspecified atom stereocenters. The van der Waals surface area contributed by atoms with Crippen LogP contribution in [0.5, 0.6) is 0 Å². The maximum Gasteiger partial charge on any atom is 0.408 e. The number of nitrogens with one attached hydrogen (secondary N) is 4. The van der Waals surface area contributed by atoms with Crippen molar-refractivity contribution in [2.45, 2.75) is 43.4 Å². The summed E-state index contributed by atoms with van der Waals surface area (Å²) in [5.74, 6) is -1.37. The minimum Gasteiger partial charge on any atom is -0.449 e. The second-order valence-electron chi connectivity index (χ2n) is 17.9. The van der Waals surface area contributed by atoms with Gasteiger partial charge in [0, 0.05) is 47.3 Å². The number of halogens is 1. The molecule has 4 N–H and O–H groups in total. The predicted octanol–water partition coefficient (Wildman–Crippen LogP) is 8.48. The molecule has 0 fully saturated rings. The normalized spacial score (nSPS) is 12.1. The Bertz CT molecular complexity index is 2720. The summed E-state index contributed by atoms with van der Waals surface area (Å²) >= 11 is 6.88. The Labute approximate surface area is 454 Å². The van der Waals surface area contributed by atoms with Crippen molar-refractivity contribution in [1.82, 2.24) is 21.3 Å². The van der Waals surface area contributed by atoms with Gasteiger partial charge < -0.3 is 54.4 Å². The van der Waals surface area contributed by atoms with E-state index in [4.69, 9.17) is 44.8 Å². The third kappa shape index (κ3) is 17.2. The predicted molar refractivity (Wildman–Crippen MR) is 290 cm³/mol. The molecule has 404 valence electrons. The molecule has 1 aliphatic carbocycles. The average molecular weight is 1070 g/mol. The summed E-state index contributed by atoms with van der Waals surface area (Å²) in [6.45, 7) is 1.97. The molecular weight excluding hydrogens is 1000 g/mol. The zero-order valence-electron chi connectivity index (χ0n) is 42.8. The minimum absolute atomic E-state index is 0.00251. The topological polar surface area (TPSA) is 198 Å². The van der Waals surface area contributed by atoms with Crippen molar-refractivity contribution >= 4 is 41.6 Å². The number of hydrogen-bond acceptors (Lipinski definition) is 12. The van der Waals surface area contributed by atoms with E-state index in [1.165, 1.54) is 0 Å². The number of unbranched alkanes of at least 4 members (excludes halogenated alkanes) is 1. The van der Waals surface area contributed by atoms with Gasteiger partial charge in [0.05, 0.1) is 39.6 Å². The summed E-state index contributed by atoms with van der Waals surface area (Å²) in [4.78, 5) is 64.9. The van der Waals surface area contributed by atoms with E-state index >= 15 is 0 Å². The van der Waals surface area contributed by atoms with Gasteiger partial charge in [-0.15, -0.1) is 0 Å². The fourth-order valence-electron chi connectivity index (χ4n) is 8.83. The summed E-state index contributed by atoms with van der Waals surface area (Å²) in [7, 11) is 0. The summed E-state index contributed by atoms with van der Waals surface area (Å²) in [5, 5.41) is 11.3. The Morgan fingerprint density at radius 2 is 1.01 bits per heavy atom. The van der Waals surface area contributed by atoms with Crippen LogP contribution in [-0.4, -0.2) is 115 Å². The Hall–Kier alpha value is -7.60. The summed E-state index contributed by atoms with van der Waals surface area (Å²) in [5.41, 5.74) is 5.75. The molecule has 4 amide bonds. The van der Waals surface area contributed by atoms with Crippen molar-refractivity contribution in [2.75, 3.05) is 79.1 Å². The number of fused-ring (bicyclic) bond motifs is 3. The van der Waals surface area contributed by atoms with E-state index in [1.54, 1.807) is 12.1 Å². The Morgan fingerprint density at radius 1 is 0.506 bits per heavy atom. The van der Waals surface area contributed by atoms with E-state index in [1.807, 2.05) is 127 Å². The average Bonchev–Trinajstić information content (AvgIpc) is 3.82. The van der Waals surface area contributed by atoms with Crippen LogP contribution in [0.4, 0.5) is 9.59 Å². The van der Waals surface area contributed by atoms with Gasteiger partial charge >= 0.3 is 18.2 Å². The third-order valence-corrected chi connectivity index (χ3v) is 12.9. The number of hydrogen-bond donors (Lipinski definition) is 4. The van der Waals surface area contributed by atoms with Crippen molar-refractivity contribution in [3.63, 3.8) is 0 Å². The lowest BCUT2D eigenvalue weighted by Crippen LogP contribution is -2.46. The van der Waals surface area contributed by atoms with Crippen LogP contribution in [-0.2, 0) is 59.7 Å². The fraction of sp³-hybridized carbons (Fsp3) is 0.317. The van der Waals surface area contributed by atoms with Gasteiger partial charge in [0.2, 0.25) is 11.8 Å². The molecule has 1 atom stereocenters. The van der Waals surface area contributed by atoms with Crippen molar-refractivity contribution in [3.8, 4) is 11.1 Å². The smallest absolute Gasteiger partial charge is 0.408 e. The van der Waals surface area contributed by atoms with Gasteiger partial charge in [0.15, 0.2) is 5.60 Å². The molecule has 17 heteroatoms. The van der Waals surface area contributed by atoms with Crippen LogP contribution in [0.3, 0.4) is 0 Å². The molecule has 1 aliphatic rings. The quantitative estimate of drug-likeness (QED) is 0.0140. The molecule has 0 heterocycles. The number of esters is 1. The lowest BCUT2D eigenvalue weighted by atomic mass is 9.80. The van der Waals surface area contributed by atoms with Gasteiger partial charge in [-0.25, -0.2) is 14.4 Å². The molecule has 0 radical (unpaired) electrons. The van der Waals surface area contributed by atoms with E-state index in [0.29, 0.717) is 34.6 Å². The van der Waals surface area contributed by atoms with E-state index < -0.39 is 29.8 Å². The molecule has 0 bridgehead atoms. The largest absolute Gasteiger partial charge is 0.449 e. The third-order valence-electron chi connectivity index (χ3n) is 12.5. The SMILES string of the molecule is O=C(COCCOCCNC(=O)COCCOCCNC(=O)OCC1c2ccccc2-c2ccccc21)NCCCC[C@H](NC(=O)OCc1ccccc1)C(=O)OC(c1ccccc1)(c1ccccc1)c1ccccc1Cl. The van der Waals surface area contributed by atoms with Crippen molar-refractivity contribution < 1.29 is 57.1 Å². The van der Waals surface area contributed by atoms with Crippen LogP contribution in [0.2, 0.25) is 5.02 Å². The van der Waals surface area contributed by atoms with Gasteiger partial charge in [0.25, 0.3) is 0 Å². The molecule has 16 nitrogen and oxygen atoms in total. The maximum atomic E-state index is 14.5. The monoisotopic (exact) mass is 1070 g/mol. The molecule has 6 aromatic carbocycles. The molecule has 0 spiro atoms. The van der Waals surface area contributed by atoms with Crippen LogP contribution >= 0.6 is 11.6 Å². The van der Waals surface area contributed by atoms with Gasteiger partial charge in [-0.1, -0.05) is 169 Å². The van der Waals surface area contributed by atoms with Crippen LogP contribution in [0, 0.1) is 0 Å². The molecule has 0 saturated heterocycles. The van der Waals surface area contributed by atoms with Gasteiger partial charge in [-0.2, -0.15) is 0 Å². The number of benzene rings is 6. The first-order valence-electron chi connectivity index (χ1n) is 25.7. The molecule has 7 rings (SSSR count). The Morgan fingerprint density at radius 3 is 1.61 bits per heavy atom. The first-order valence-corrected chi connectivity index (χ1v) is 26.1. The zero-order valence-corrected chi connectivity index (χ0v) is 43.6. The number of carbonyl (C=O) groups excluding carboxylic acids is 5. The fourth-order valence-corrected chi connectivity index (χ4v) is 9.10. The second-order valence-corrected chi connectivity index (χ2v) is 18.3. The number of carbonyl (C=O) groups is 5. The molecule has 77 heavy (non-hydrogen) atoms. The minimum atomic E-state index is -1.49. The van der Waals surface area contributed by atoms with Gasteiger partial charge in [0.1, 0.15) is 32.5 Å². The number of alkyl carbamates (subject to hydrolysis) is 2. The molecule has 6 aromatic rings. The highest BCUT2D eigenvalue weighted by molar-refractivity contribution is 6.31. The molecule has 0 aromatic heterocycles. The lowest BCUT2D eigenvalue weighted by Gasteiger charge is -2.37. The van der Waals surface area contributed by atoms with Gasteiger partial charge in [-0.3, -0.25) is 9.59 Å². The van der Waals surface area contributed by atoms with Crippen LogP contribution in [0.1, 0.15) is 58.6 Å². The molecular formula is C60H65ClN4O12. The van der Waals surface area contributed by atoms with Crippen molar-refractivity contribution in [3.05, 3.63) is 202 Å². The van der Waals surface area contributed by atoms with Crippen molar-refractivity contribution in [1.29, 1.82) is 0 Å². The summed E-state index contributed by atoms with van der Waals surface area (Å²) < 4.78 is 39.5. The maximum absolute atomic E-state index is 14.5. The summed E-state index contributed by atoms with van der Waals surface area (Å²) in [6, 6.07) is 50.1. The first kappa shape index (κ1) is 57.1. The molecule has 0 saturated carbocycles. The number of amides is 4. The highest BCUT2D eigenvalue weighted by atomic mass is 35.5. The Kier molecular flexibility index (Phi) is 22.9. The van der Waals surface area contributed by atoms with E-state index in [2.05, 4.69) is 45.5 Å². The standard InChI is InChI=1S/C60H65ClN4O12/c61-53-29-15-14-28-52(53)60(45-20-6-2-7-21-45,46-22-8-3-9-23-46)77-57(68)54(65-59(70)75-40-44-18-4-1-5-19-44)30-16-17-31-62-55(66)42-73-38-36-71-34-32-63-56(67)43-74-39-37-72-35-33-64-58(69)76-41-51-49-26-12-10-24-47(49)48-25-11-13-27-50(48)51/h1-15,18-29,51,54H,16-17,30-43H2,(H,62,66)(H,63,67)(H,64,69)(H,65,70)/t54-/m0/s1. The number of rotatable bonds is 31. The lowest BCUT2D eigenvalue weighted by molar-refractivity contribution is -0.156. The van der Waals surface area contributed by atoms with Crippen LogP contribution in [0.25, 0.3) is 11.1 Å². The highest BCUT2D eigenvalue weighted by Gasteiger charge is 2.43. The number of ether oxygens (including phenoxy) is 7. The molecule has 0 aliphatic heterocycles. The zero-order chi connectivity index (χ0) is 53.9. The summed E-state index contributed by atoms with van der Waals surface area (Å²) in [6.07, 6.45) is -0.243. The highest BCUT2D eigenvalue weighted by Crippen LogP contribution is 2.45. The van der Waals surface area contributed by atoms with Gasteiger partial charge in [-0.05, 0) is 53.1 Å². The van der Waals surface area contributed by atoms with Crippen molar-refractivity contribution in [2.24, 2.45) is 0 Å². The Balaban J connectivity index is 0.738. The van der Waals surface area contributed by atoms with E-state index in [0.717, 1.165) is 27.8 Å².